The van der Waals surface area contributed by atoms with Crippen LogP contribution in [0.4, 0.5) is 5.82 Å². The van der Waals surface area contributed by atoms with Crippen molar-refractivity contribution in [1.82, 2.24) is 9.88 Å². The lowest BCUT2D eigenvalue weighted by Crippen LogP contribution is -2.54. The van der Waals surface area contributed by atoms with E-state index in [0.29, 0.717) is 5.82 Å². The van der Waals surface area contributed by atoms with Crippen molar-refractivity contribution in [3.05, 3.63) is 23.9 Å². The highest BCUT2D eigenvalue weighted by Crippen LogP contribution is 2.44. The highest BCUT2D eigenvalue weighted by molar-refractivity contribution is 5.33. The Labute approximate surface area is 96.7 Å². The summed E-state index contributed by atoms with van der Waals surface area (Å²) >= 11 is 0. The van der Waals surface area contributed by atoms with Gasteiger partial charge in [0.1, 0.15) is 5.82 Å². The number of piperidine rings is 3. The van der Waals surface area contributed by atoms with E-state index < -0.39 is 0 Å². The van der Waals surface area contributed by atoms with Gasteiger partial charge in [-0.25, -0.2) is 4.98 Å². The van der Waals surface area contributed by atoms with Crippen LogP contribution in [0.5, 0.6) is 0 Å². The second-order valence-corrected chi connectivity index (χ2v) is 5.38. The number of fused-ring (bicyclic) bond motifs is 3. The summed E-state index contributed by atoms with van der Waals surface area (Å²) in [4.78, 5) is 6.85. The molecule has 3 heteroatoms. The molecule has 0 aliphatic carbocycles. The molecule has 0 amide bonds. The average molecular weight is 217 g/mol. The van der Waals surface area contributed by atoms with E-state index >= 15 is 0 Å². The number of nitrogen functional groups attached to an aromatic ring is 1. The fourth-order valence-corrected chi connectivity index (χ4v) is 3.35. The molecule has 3 nitrogen and oxygen atoms in total. The number of rotatable bonds is 1. The highest BCUT2D eigenvalue weighted by atomic mass is 15.2. The Kier molecular flexibility index (Phi) is 2.18. The van der Waals surface area contributed by atoms with E-state index in [0.717, 1.165) is 5.92 Å². The molecule has 2 N–H and O–H groups in total. The molecule has 1 aromatic rings. The standard InChI is InChI=1S/C13H19N3/c1-13(11-2-3-12(14)15-9-11)8-10-4-6-16(13)7-5-10/h2-3,9-10H,4-8H2,1H3,(H2,14,15). The van der Waals surface area contributed by atoms with Gasteiger partial charge in [-0.2, -0.15) is 0 Å². The topological polar surface area (TPSA) is 42.1 Å². The van der Waals surface area contributed by atoms with Crippen LogP contribution >= 0.6 is 0 Å². The summed E-state index contributed by atoms with van der Waals surface area (Å²) in [6.45, 7) is 4.84. The monoisotopic (exact) mass is 217 g/mol. The molecule has 4 rings (SSSR count). The summed E-state index contributed by atoms with van der Waals surface area (Å²) < 4.78 is 0. The first-order valence-electron chi connectivity index (χ1n) is 6.15. The summed E-state index contributed by atoms with van der Waals surface area (Å²) in [5.41, 5.74) is 7.17. The van der Waals surface area contributed by atoms with Gasteiger partial charge in [-0.15, -0.1) is 0 Å². The molecule has 0 spiro atoms. The Bertz CT molecular complexity index is 379. The van der Waals surface area contributed by atoms with Gasteiger partial charge in [-0.3, -0.25) is 4.90 Å². The van der Waals surface area contributed by atoms with E-state index in [4.69, 9.17) is 5.73 Å². The Morgan fingerprint density at radius 3 is 2.62 bits per heavy atom. The number of aromatic nitrogens is 1. The normalized spacial score (nSPS) is 37.6. The minimum atomic E-state index is 0.196. The lowest BCUT2D eigenvalue weighted by atomic mass is 9.72. The largest absolute Gasteiger partial charge is 0.384 e. The zero-order valence-electron chi connectivity index (χ0n) is 9.82. The predicted octanol–water partition coefficient (Wildman–Crippen LogP) is 1.99. The molecule has 1 unspecified atom stereocenters. The Morgan fingerprint density at radius 1 is 1.38 bits per heavy atom. The number of hydrogen-bond acceptors (Lipinski definition) is 3. The van der Waals surface area contributed by atoms with Gasteiger partial charge in [0.15, 0.2) is 0 Å². The summed E-state index contributed by atoms with van der Waals surface area (Å²) in [5, 5.41) is 0. The van der Waals surface area contributed by atoms with Gasteiger partial charge in [-0.1, -0.05) is 6.07 Å². The Hall–Kier alpha value is -1.09. The molecule has 2 bridgehead atoms. The molecular weight excluding hydrogens is 198 g/mol. The molecule has 0 aromatic carbocycles. The second kappa shape index (κ2) is 3.45. The number of nitrogens with two attached hydrogens (primary N) is 1. The van der Waals surface area contributed by atoms with Crippen molar-refractivity contribution < 1.29 is 0 Å². The third-order valence-electron chi connectivity index (χ3n) is 4.41. The molecular formula is C13H19N3. The summed E-state index contributed by atoms with van der Waals surface area (Å²) in [7, 11) is 0. The number of pyridine rings is 1. The van der Waals surface area contributed by atoms with Crippen LogP contribution in [0.15, 0.2) is 18.3 Å². The highest BCUT2D eigenvalue weighted by Gasteiger charge is 2.43. The molecule has 4 heterocycles. The molecule has 86 valence electrons. The fourth-order valence-electron chi connectivity index (χ4n) is 3.35. The van der Waals surface area contributed by atoms with Crippen LogP contribution in [0.1, 0.15) is 31.7 Å². The van der Waals surface area contributed by atoms with Gasteiger partial charge in [0.05, 0.1) is 0 Å². The smallest absolute Gasteiger partial charge is 0.123 e. The van der Waals surface area contributed by atoms with Crippen molar-refractivity contribution in [2.24, 2.45) is 5.92 Å². The lowest BCUT2D eigenvalue weighted by Gasteiger charge is -2.53. The maximum Gasteiger partial charge on any atom is 0.123 e. The molecule has 0 saturated carbocycles. The Morgan fingerprint density at radius 2 is 2.12 bits per heavy atom. The van der Waals surface area contributed by atoms with E-state index in [2.05, 4.69) is 22.9 Å². The van der Waals surface area contributed by atoms with Crippen LogP contribution in [0.3, 0.4) is 0 Å². The van der Waals surface area contributed by atoms with E-state index in [1.54, 1.807) is 0 Å². The van der Waals surface area contributed by atoms with Crippen molar-refractivity contribution in [2.75, 3.05) is 18.8 Å². The first kappa shape index (κ1) is 10.1. The number of anilines is 1. The number of nitrogens with zero attached hydrogens (tertiary/aromatic N) is 2. The van der Waals surface area contributed by atoms with Gasteiger partial charge in [0.25, 0.3) is 0 Å². The van der Waals surface area contributed by atoms with E-state index in [1.807, 2.05) is 12.3 Å². The van der Waals surface area contributed by atoms with Crippen LogP contribution in [0.2, 0.25) is 0 Å². The molecule has 3 fully saturated rings. The van der Waals surface area contributed by atoms with Crippen molar-refractivity contribution in [3.8, 4) is 0 Å². The SMILES string of the molecule is CC1(c2ccc(N)nc2)CC2CCN1CC2. The molecule has 3 aliphatic rings. The average Bonchev–Trinajstić information content (AvgIpc) is 2.31. The summed E-state index contributed by atoms with van der Waals surface area (Å²) in [5.74, 6) is 1.52. The van der Waals surface area contributed by atoms with Crippen molar-refractivity contribution in [2.45, 2.75) is 31.7 Å². The van der Waals surface area contributed by atoms with Crippen molar-refractivity contribution in [1.29, 1.82) is 0 Å². The van der Waals surface area contributed by atoms with Crippen LogP contribution in [0, 0.1) is 5.92 Å². The number of hydrogen-bond donors (Lipinski definition) is 1. The van der Waals surface area contributed by atoms with Crippen LogP contribution in [-0.2, 0) is 5.54 Å². The van der Waals surface area contributed by atoms with E-state index in [-0.39, 0.29) is 5.54 Å². The maximum absolute atomic E-state index is 5.65. The van der Waals surface area contributed by atoms with Gasteiger partial charge < -0.3 is 5.73 Å². The third kappa shape index (κ3) is 1.42. The van der Waals surface area contributed by atoms with E-state index in [9.17, 15) is 0 Å². The van der Waals surface area contributed by atoms with Crippen LogP contribution in [-0.4, -0.2) is 23.0 Å². The minimum absolute atomic E-state index is 0.196. The van der Waals surface area contributed by atoms with Gasteiger partial charge in [0.2, 0.25) is 0 Å². The third-order valence-corrected chi connectivity index (χ3v) is 4.41. The Balaban J connectivity index is 1.95. The van der Waals surface area contributed by atoms with Crippen molar-refractivity contribution in [3.63, 3.8) is 0 Å². The molecule has 3 saturated heterocycles. The van der Waals surface area contributed by atoms with Crippen LogP contribution in [0.25, 0.3) is 0 Å². The lowest BCUT2D eigenvalue weighted by molar-refractivity contribution is -0.0216. The van der Waals surface area contributed by atoms with Crippen LogP contribution < -0.4 is 5.73 Å². The quantitative estimate of drug-likeness (QED) is 0.782. The molecule has 16 heavy (non-hydrogen) atoms. The van der Waals surface area contributed by atoms with Gasteiger partial charge in [-0.05, 0) is 56.8 Å². The second-order valence-electron chi connectivity index (χ2n) is 5.38. The van der Waals surface area contributed by atoms with Gasteiger partial charge >= 0.3 is 0 Å². The van der Waals surface area contributed by atoms with E-state index in [1.165, 1.54) is 37.9 Å². The maximum atomic E-state index is 5.65. The fraction of sp³-hybridized carbons (Fsp3) is 0.615. The van der Waals surface area contributed by atoms with Crippen molar-refractivity contribution >= 4 is 5.82 Å². The van der Waals surface area contributed by atoms with Gasteiger partial charge in [0, 0.05) is 11.7 Å². The predicted molar refractivity (Wildman–Crippen MR) is 64.9 cm³/mol. The molecule has 3 aliphatic heterocycles. The summed E-state index contributed by atoms with van der Waals surface area (Å²) in [6, 6.07) is 4.06. The molecule has 1 aromatic heterocycles. The zero-order valence-corrected chi connectivity index (χ0v) is 9.82. The first-order valence-corrected chi connectivity index (χ1v) is 6.15. The first-order chi connectivity index (χ1) is 7.68. The molecule has 1 atom stereocenters. The molecule has 0 radical (unpaired) electrons. The summed E-state index contributed by atoms with van der Waals surface area (Å²) in [6.07, 6.45) is 5.98. The zero-order chi connectivity index (χ0) is 11.2. The minimum Gasteiger partial charge on any atom is -0.384 e.